The van der Waals surface area contributed by atoms with Crippen molar-refractivity contribution in [2.75, 3.05) is 5.75 Å². The highest BCUT2D eigenvalue weighted by Crippen LogP contribution is 2.25. The summed E-state index contributed by atoms with van der Waals surface area (Å²) in [6, 6.07) is 14.4. The third kappa shape index (κ3) is 3.88. The minimum atomic E-state index is -1.03. The van der Waals surface area contributed by atoms with E-state index in [0.717, 1.165) is 22.9 Å². The topological polar surface area (TPSA) is 85.1 Å². The van der Waals surface area contributed by atoms with Crippen LogP contribution in [0.25, 0.3) is 27.7 Å². The molecule has 2 heterocycles. The van der Waals surface area contributed by atoms with Crippen molar-refractivity contribution in [1.82, 2.24) is 14.5 Å². The first kappa shape index (κ1) is 18.8. The van der Waals surface area contributed by atoms with E-state index in [1.54, 1.807) is 24.5 Å². The minimum absolute atomic E-state index is 0.225. The number of benzene rings is 2. The van der Waals surface area contributed by atoms with Gasteiger partial charge in [-0.3, -0.25) is 19.1 Å². The molecule has 8 heteroatoms. The predicted molar refractivity (Wildman–Crippen MR) is 109 cm³/mol. The van der Waals surface area contributed by atoms with Crippen LogP contribution in [-0.2, 0) is 4.79 Å². The molecule has 0 saturated heterocycles. The van der Waals surface area contributed by atoms with Gasteiger partial charge in [-0.05, 0) is 59.7 Å². The summed E-state index contributed by atoms with van der Waals surface area (Å²) < 4.78 is 14.6. The first-order valence-electron chi connectivity index (χ1n) is 8.61. The summed E-state index contributed by atoms with van der Waals surface area (Å²) in [6.07, 6.45) is 3.35. The Kier molecular flexibility index (Phi) is 5.09. The Bertz CT molecular complexity index is 1260. The van der Waals surface area contributed by atoms with Gasteiger partial charge in [0.1, 0.15) is 5.82 Å². The van der Waals surface area contributed by atoms with E-state index in [0.29, 0.717) is 16.6 Å². The van der Waals surface area contributed by atoms with E-state index >= 15 is 0 Å². The lowest BCUT2D eigenvalue weighted by atomic mass is 10.1. The van der Waals surface area contributed by atoms with Crippen LogP contribution in [0.4, 0.5) is 4.39 Å². The minimum Gasteiger partial charge on any atom is -0.481 e. The fraction of sp³-hybridized carbons (Fsp3) is 0.0476. The zero-order valence-electron chi connectivity index (χ0n) is 14.9. The molecule has 0 amide bonds. The molecule has 1 N–H and O–H groups in total. The second-order valence-electron chi connectivity index (χ2n) is 6.16. The zero-order chi connectivity index (χ0) is 20.4. The van der Waals surface area contributed by atoms with Crippen LogP contribution in [0.1, 0.15) is 0 Å². The molecule has 29 heavy (non-hydrogen) atoms. The molecule has 6 nitrogen and oxygen atoms in total. The Labute approximate surface area is 168 Å². The number of hydrogen-bond acceptors (Lipinski definition) is 5. The number of nitrogens with zero attached hydrogens (tertiary/aromatic N) is 3. The second kappa shape index (κ2) is 7.84. The maximum atomic E-state index is 13.3. The summed E-state index contributed by atoms with van der Waals surface area (Å²) in [7, 11) is 0. The Balaban J connectivity index is 1.92. The van der Waals surface area contributed by atoms with Crippen molar-refractivity contribution < 1.29 is 14.3 Å². The predicted octanol–water partition coefficient (Wildman–Crippen LogP) is 3.76. The lowest BCUT2D eigenvalue weighted by Gasteiger charge is -2.13. The summed E-state index contributed by atoms with van der Waals surface area (Å²) in [4.78, 5) is 32.8. The molecule has 0 atom stereocenters. The first-order valence-corrected chi connectivity index (χ1v) is 9.59. The van der Waals surface area contributed by atoms with Crippen molar-refractivity contribution in [2.45, 2.75) is 5.16 Å². The number of thioether (sulfide) groups is 1. The van der Waals surface area contributed by atoms with Crippen LogP contribution in [0.5, 0.6) is 0 Å². The molecule has 2 aromatic carbocycles. The van der Waals surface area contributed by atoms with Crippen molar-refractivity contribution in [2.24, 2.45) is 0 Å². The van der Waals surface area contributed by atoms with Crippen molar-refractivity contribution in [1.29, 1.82) is 0 Å². The summed E-state index contributed by atoms with van der Waals surface area (Å²) in [5.74, 6) is -1.72. The SMILES string of the molecule is O=C(O)CSc1nc2cc(-c3ccncc3)ccc2c(=O)n1-c1ccc(F)cc1. The maximum Gasteiger partial charge on any atom is 0.313 e. The quantitative estimate of drug-likeness (QED) is 0.401. The third-order valence-corrected chi connectivity index (χ3v) is 5.19. The average molecular weight is 407 g/mol. The molecule has 4 rings (SSSR count). The fourth-order valence-electron chi connectivity index (χ4n) is 2.93. The van der Waals surface area contributed by atoms with Crippen LogP contribution in [0.2, 0.25) is 0 Å². The molecule has 2 aromatic heterocycles. The molecule has 0 aliphatic rings. The van der Waals surface area contributed by atoms with E-state index in [2.05, 4.69) is 9.97 Å². The lowest BCUT2D eigenvalue weighted by molar-refractivity contribution is -0.133. The highest BCUT2D eigenvalue weighted by molar-refractivity contribution is 7.99. The number of carbonyl (C=O) groups is 1. The van der Waals surface area contributed by atoms with Gasteiger partial charge in [0, 0.05) is 12.4 Å². The Morgan fingerprint density at radius 2 is 1.76 bits per heavy atom. The summed E-state index contributed by atoms with van der Waals surface area (Å²) in [6.45, 7) is 0. The molecule has 0 spiro atoms. The lowest BCUT2D eigenvalue weighted by Crippen LogP contribution is -2.22. The van der Waals surface area contributed by atoms with Crippen molar-refractivity contribution in [3.8, 4) is 16.8 Å². The molecule has 0 bridgehead atoms. The van der Waals surface area contributed by atoms with Crippen LogP contribution >= 0.6 is 11.8 Å². The average Bonchev–Trinajstić information content (AvgIpc) is 2.73. The summed E-state index contributed by atoms with van der Waals surface area (Å²) in [5, 5.41) is 9.66. The molecule has 144 valence electrons. The van der Waals surface area contributed by atoms with E-state index in [-0.39, 0.29) is 16.5 Å². The molecule has 0 aliphatic carbocycles. The van der Waals surface area contributed by atoms with Gasteiger partial charge in [-0.2, -0.15) is 0 Å². The highest BCUT2D eigenvalue weighted by atomic mass is 32.2. The number of rotatable bonds is 5. The monoisotopic (exact) mass is 407 g/mol. The molecule has 0 unspecified atom stereocenters. The van der Waals surface area contributed by atoms with Gasteiger partial charge in [0.2, 0.25) is 0 Å². The van der Waals surface area contributed by atoms with E-state index in [1.807, 2.05) is 18.2 Å². The van der Waals surface area contributed by atoms with Gasteiger partial charge in [0.15, 0.2) is 5.16 Å². The molecular weight excluding hydrogens is 393 g/mol. The normalized spacial score (nSPS) is 10.9. The van der Waals surface area contributed by atoms with E-state index < -0.39 is 11.8 Å². The molecule has 4 aromatic rings. The number of carboxylic acid groups (broad SMARTS) is 1. The third-order valence-electron chi connectivity index (χ3n) is 4.26. The van der Waals surface area contributed by atoms with Gasteiger partial charge < -0.3 is 5.11 Å². The van der Waals surface area contributed by atoms with Gasteiger partial charge in [-0.15, -0.1) is 0 Å². The molecule has 0 saturated carbocycles. The molecular formula is C21H14FN3O3S. The van der Waals surface area contributed by atoms with E-state index in [4.69, 9.17) is 5.11 Å². The zero-order valence-corrected chi connectivity index (χ0v) is 15.8. The molecule has 0 radical (unpaired) electrons. The van der Waals surface area contributed by atoms with Gasteiger partial charge in [-0.25, -0.2) is 9.37 Å². The number of fused-ring (bicyclic) bond motifs is 1. The van der Waals surface area contributed by atoms with Crippen LogP contribution in [0.15, 0.2) is 76.9 Å². The number of halogens is 1. The smallest absolute Gasteiger partial charge is 0.313 e. The summed E-state index contributed by atoms with van der Waals surface area (Å²) in [5.41, 5.74) is 2.30. The maximum absolute atomic E-state index is 13.3. The van der Waals surface area contributed by atoms with Crippen LogP contribution in [0.3, 0.4) is 0 Å². The Hall–Kier alpha value is -3.52. The Morgan fingerprint density at radius 1 is 1.03 bits per heavy atom. The standard InChI is InChI=1S/C21H14FN3O3S/c22-15-2-4-16(5-3-15)25-20(28)17-6-1-14(13-7-9-23-10-8-13)11-18(17)24-21(25)29-12-19(26)27/h1-11H,12H2,(H,26,27). The van der Waals surface area contributed by atoms with Crippen LogP contribution in [0, 0.1) is 5.82 Å². The summed E-state index contributed by atoms with van der Waals surface area (Å²) >= 11 is 0.933. The van der Waals surface area contributed by atoms with Gasteiger partial charge in [-0.1, -0.05) is 17.8 Å². The van der Waals surface area contributed by atoms with Crippen molar-refractivity contribution in [3.05, 3.63) is 83.2 Å². The van der Waals surface area contributed by atoms with Crippen LogP contribution in [-0.4, -0.2) is 31.4 Å². The highest BCUT2D eigenvalue weighted by Gasteiger charge is 2.15. The molecule has 0 aliphatic heterocycles. The van der Waals surface area contributed by atoms with E-state index in [9.17, 15) is 14.0 Å². The van der Waals surface area contributed by atoms with Crippen molar-refractivity contribution >= 4 is 28.6 Å². The first-order chi connectivity index (χ1) is 14.0. The number of aromatic nitrogens is 3. The van der Waals surface area contributed by atoms with Gasteiger partial charge >= 0.3 is 5.97 Å². The van der Waals surface area contributed by atoms with Gasteiger partial charge in [0.05, 0.1) is 22.3 Å². The van der Waals surface area contributed by atoms with Crippen molar-refractivity contribution in [3.63, 3.8) is 0 Å². The number of hydrogen-bond donors (Lipinski definition) is 1. The number of carboxylic acids is 1. The van der Waals surface area contributed by atoms with Gasteiger partial charge in [0.25, 0.3) is 5.56 Å². The van der Waals surface area contributed by atoms with Crippen LogP contribution < -0.4 is 5.56 Å². The largest absolute Gasteiger partial charge is 0.481 e. The van der Waals surface area contributed by atoms with E-state index in [1.165, 1.54) is 28.8 Å². The number of pyridine rings is 1. The number of aliphatic carboxylic acids is 1. The second-order valence-corrected chi connectivity index (χ2v) is 7.10. The molecule has 0 fully saturated rings. The fourth-order valence-corrected chi connectivity index (χ4v) is 3.66. The Morgan fingerprint density at radius 3 is 2.45 bits per heavy atom.